The predicted molar refractivity (Wildman–Crippen MR) is 45.0 cm³/mol. The molecule has 0 radical (unpaired) electrons. The maximum absolute atomic E-state index is 5.72. The van der Waals surface area contributed by atoms with Crippen LogP contribution in [0.5, 0.6) is 0 Å². The van der Waals surface area contributed by atoms with E-state index in [1.807, 2.05) is 7.05 Å². The standard InChI is InChI=1S/C5H6Cl2N2.ClH/c1-9-3-8-4(2-6)5(9)7;/h3H,2H2,1H3;1H. The number of nitrogens with zero attached hydrogens (tertiary/aromatic N) is 2. The summed E-state index contributed by atoms with van der Waals surface area (Å²) in [6, 6.07) is 0. The average molecular weight is 201 g/mol. The molecule has 0 spiro atoms. The van der Waals surface area contributed by atoms with Crippen molar-refractivity contribution in [3.05, 3.63) is 17.2 Å². The van der Waals surface area contributed by atoms with Gasteiger partial charge in [-0.1, -0.05) is 11.6 Å². The summed E-state index contributed by atoms with van der Waals surface area (Å²) >= 11 is 11.2. The molecule has 0 fully saturated rings. The molecule has 0 saturated heterocycles. The molecule has 0 bridgehead atoms. The number of rotatable bonds is 1. The van der Waals surface area contributed by atoms with Crippen LogP contribution in [0.25, 0.3) is 0 Å². The minimum atomic E-state index is 0. The molecule has 10 heavy (non-hydrogen) atoms. The van der Waals surface area contributed by atoms with Crippen molar-refractivity contribution >= 4 is 35.6 Å². The largest absolute Gasteiger partial charge is 0.325 e. The van der Waals surface area contributed by atoms with Crippen LogP contribution >= 0.6 is 35.6 Å². The molecule has 1 aromatic heterocycles. The highest BCUT2D eigenvalue weighted by Crippen LogP contribution is 2.14. The van der Waals surface area contributed by atoms with E-state index in [4.69, 9.17) is 23.2 Å². The summed E-state index contributed by atoms with van der Waals surface area (Å²) in [5.74, 6) is 0.375. The molecule has 0 unspecified atom stereocenters. The van der Waals surface area contributed by atoms with Gasteiger partial charge in [0.05, 0.1) is 17.9 Å². The van der Waals surface area contributed by atoms with Gasteiger partial charge in [0.15, 0.2) is 0 Å². The van der Waals surface area contributed by atoms with E-state index in [9.17, 15) is 0 Å². The van der Waals surface area contributed by atoms with Crippen LogP contribution in [0.2, 0.25) is 5.15 Å². The summed E-state index contributed by atoms with van der Waals surface area (Å²) in [4.78, 5) is 3.93. The van der Waals surface area contributed by atoms with Gasteiger partial charge < -0.3 is 4.57 Å². The van der Waals surface area contributed by atoms with Gasteiger partial charge in [-0.25, -0.2) is 4.98 Å². The molecule has 0 atom stereocenters. The number of hydrogen-bond donors (Lipinski definition) is 0. The smallest absolute Gasteiger partial charge is 0.132 e. The van der Waals surface area contributed by atoms with Crippen molar-refractivity contribution < 1.29 is 0 Å². The van der Waals surface area contributed by atoms with Crippen molar-refractivity contribution in [1.29, 1.82) is 0 Å². The van der Waals surface area contributed by atoms with E-state index in [2.05, 4.69) is 4.98 Å². The molecule has 0 aliphatic rings. The van der Waals surface area contributed by atoms with Crippen LogP contribution in [0, 0.1) is 0 Å². The van der Waals surface area contributed by atoms with Crippen LogP contribution in [-0.4, -0.2) is 9.55 Å². The Kier molecular flexibility index (Phi) is 4.09. The molecule has 1 aromatic rings. The Labute approximate surface area is 75.6 Å². The summed E-state index contributed by atoms with van der Waals surface area (Å²) in [6.45, 7) is 0. The topological polar surface area (TPSA) is 17.8 Å². The number of hydrogen-bond acceptors (Lipinski definition) is 1. The lowest BCUT2D eigenvalue weighted by Gasteiger charge is -1.90. The fourth-order valence-electron chi connectivity index (χ4n) is 0.553. The Balaban J connectivity index is 0.000000810. The Morgan fingerprint density at radius 3 is 2.50 bits per heavy atom. The summed E-state index contributed by atoms with van der Waals surface area (Å²) in [5, 5.41) is 0.616. The number of aryl methyl sites for hydroxylation is 1. The fourth-order valence-corrected chi connectivity index (χ4v) is 0.977. The third kappa shape index (κ3) is 1.78. The highest BCUT2D eigenvalue weighted by Gasteiger charge is 2.02. The van der Waals surface area contributed by atoms with Gasteiger partial charge in [0.1, 0.15) is 5.15 Å². The second kappa shape index (κ2) is 4.06. The first-order valence-corrected chi connectivity index (χ1v) is 3.38. The van der Waals surface area contributed by atoms with Crippen LogP contribution in [-0.2, 0) is 12.9 Å². The second-order valence-electron chi connectivity index (χ2n) is 1.73. The van der Waals surface area contributed by atoms with E-state index in [-0.39, 0.29) is 12.4 Å². The third-order valence-electron chi connectivity index (χ3n) is 1.06. The normalized spacial score (nSPS) is 9.10. The first-order chi connectivity index (χ1) is 4.25. The van der Waals surface area contributed by atoms with Crippen LogP contribution < -0.4 is 0 Å². The van der Waals surface area contributed by atoms with Gasteiger partial charge in [-0.15, -0.1) is 24.0 Å². The molecule has 5 heteroatoms. The van der Waals surface area contributed by atoms with Gasteiger partial charge >= 0.3 is 0 Å². The van der Waals surface area contributed by atoms with E-state index >= 15 is 0 Å². The Bertz CT molecular complexity index is 209. The van der Waals surface area contributed by atoms with Gasteiger partial charge in [0.25, 0.3) is 0 Å². The number of aromatic nitrogens is 2. The lowest BCUT2D eigenvalue weighted by atomic mass is 10.6. The van der Waals surface area contributed by atoms with E-state index in [1.165, 1.54) is 0 Å². The van der Waals surface area contributed by atoms with Gasteiger partial charge in [-0.05, 0) is 0 Å². The molecule has 0 saturated carbocycles. The van der Waals surface area contributed by atoms with Crippen LogP contribution in [0.4, 0.5) is 0 Å². The fraction of sp³-hybridized carbons (Fsp3) is 0.400. The monoisotopic (exact) mass is 200 g/mol. The molecule has 2 nitrogen and oxygen atoms in total. The molecule has 0 N–H and O–H groups in total. The highest BCUT2D eigenvalue weighted by atomic mass is 35.5. The quantitative estimate of drug-likeness (QED) is 0.637. The van der Waals surface area contributed by atoms with Crippen LogP contribution in [0.1, 0.15) is 5.69 Å². The number of alkyl halides is 1. The van der Waals surface area contributed by atoms with E-state index in [0.717, 1.165) is 5.69 Å². The molecule has 1 rings (SSSR count). The molecule has 1 heterocycles. The minimum absolute atomic E-state index is 0. The summed E-state index contributed by atoms with van der Waals surface area (Å²) in [7, 11) is 1.82. The van der Waals surface area contributed by atoms with Crippen molar-refractivity contribution in [2.24, 2.45) is 7.05 Å². The zero-order valence-electron chi connectivity index (χ0n) is 5.34. The van der Waals surface area contributed by atoms with Crippen LogP contribution in [0.3, 0.4) is 0 Å². The van der Waals surface area contributed by atoms with Crippen molar-refractivity contribution in [3.8, 4) is 0 Å². The first kappa shape index (κ1) is 10.1. The maximum Gasteiger partial charge on any atom is 0.132 e. The first-order valence-electron chi connectivity index (χ1n) is 2.47. The molecule has 0 aliphatic carbocycles. The van der Waals surface area contributed by atoms with E-state index in [1.54, 1.807) is 10.9 Å². The minimum Gasteiger partial charge on any atom is -0.325 e. The summed E-state index contributed by atoms with van der Waals surface area (Å²) < 4.78 is 1.72. The molecule has 58 valence electrons. The lowest BCUT2D eigenvalue weighted by Crippen LogP contribution is -1.83. The van der Waals surface area contributed by atoms with Crippen molar-refractivity contribution in [3.63, 3.8) is 0 Å². The maximum atomic E-state index is 5.72. The zero-order chi connectivity index (χ0) is 6.85. The van der Waals surface area contributed by atoms with Gasteiger partial charge in [-0.3, -0.25) is 0 Å². The third-order valence-corrected chi connectivity index (χ3v) is 1.80. The predicted octanol–water partition coefficient (Wildman–Crippen LogP) is 2.23. The van der Waals surface area contributed by atoms with E-state index < -0.39 is 0 Å². The number of halogens is 3. The van der Waals surface area contributed by atoms with Crippen molar-refractivity contribution in [2.75, 3.05) is 0 Å². The zero-order valence-corrected chi connectivity index (χ0v) is 7.67. The lowest BCUT2D eigenvalue weighted by molar-refractivity contribution is 0.913. The Morgan fingerprint density at radius 2 is 2.30 bits per heavy atom. The Morgan fingerprint density at radius 1 is 1.70 bits per heavy atom. The van der Waals surface area contributed by atoms with Crippen LogP contribution in [0.15, 0.2) is 6.33 Å². The highest BCUT2D eigenvalue weighted by molar-refractivity contribution is 6.31. The van der Waals surface area contributed by atoms with Crippen molar-refractivity contribution in [1.82, 2.24) is 9.55 Å². The average Bonchev–Trinajstić information content (AvgIpc) is 2.15. The van der Waals surface area contributed by atoms with Crippen molar-refractivity contribution in [2.45, 2.75) is 5.88 Å². The molecular formula is C5H7Cl3N2. The van der Waals surface area contributed by atoms with Gasteiger partial charge in [-0.2, -0.15) is 0 Å². The SMILES string of the molecule is Cl.Cn1cnc(CCl)c1Cl. The van der Waals surface area contributed by atoms with Gasteiger partial charge in [0.2, 0.25) is 0 Å². The van der Waals surface area contributed by atoms with E-state index in [0.29, 0.717) is 11.0 Å². The van der Waals surface area contributed by atoms with Gasteiger partial charge in [0, 0.05) is 7.05 Å². The summed E-state index contributed by atoms with van der Waals surface area (Å²) in [6.07, 6.45) is 1.64. The Hall–Kier alpha value is 0.0800. The summed E-state index contributed by atoms with van der Waals surface area (Å²) in [5.41, 5.74) is 0.737. The molecular weight excluding hydrogens is 194 g/mol. The molecule has 0 amide bonds. The second-order valence-corrected chi connectivity index (χ2v) is 2.35. The molecule has 0 aromatic carbocycles. The number of imidazole rings is 1. The molecule has 0 aliphatic heterocycles.